The number of hydrogen-bond donors (Lipinski definition) is 1. The summed E-state index contributed by atoms with van der Waals surface area (Å²) in [5.74, 6) is 0.319. The highest BCUT2D eigenvalue weighted by Crippen LogP contribution is 2.33. The van der Waals surface area contributed by atoms with Crippen molar-refractivity contribution >= 4 is 5.91 Å². The van der Waals surface area contributed by atoms with Crippen LogP contribution in [-0.2, 0) is 28.0 Å². The lowest BCUT2D eigenvalue weighted by Crippen LogP contribution is -2.33. The van der Waals surface area contributed by atoms with Gasteiger partial charge >= 0.3 is 0 Å². The summed E-state index contributed by atoms with van der Waals surface area (Å²) < 4.78 is 7.55. The summed E-state index contributed by atoms with van der Waals surface area (Å²) in [5, 5.41) is 0. The summed E-state index contributed by atoms with van der Waals surface area (Å²) in [7, 11) is 1.89. The minimum atomic E-state index is -0.319. The lowest BCUT2D eigenvalue weighted by Gasteiger charge is -2.17. The van der Waals surface area contributed by atoms with Gasteiger partial charge < -0.3 is 9.30 Å². The smallest absolute Gasteiger partial charge is 0.249 e. The van der Waals surface area contributed by atoms with Crippen LogP contribution in [0.1, 0.15) is 23.9 Å². The Hall–Kier alpha value is -2.18. The Balaban J connectivity index is 1.56. The number of carbonyl (C=O) groups is 1. The van der Waals surface area contributed by atoms with Gasteiger partial charge in [-0.3, -0.25) is 9.63 Å². The topological polar surface area (TPSA) is 65.4 Å². The predicted octanol–water partition coefficient (Wildman–Crippen LogP) is 1.75. The number of nitrogens with one attached hydrogen (secondary N) is 1. The van der Waals surface area contributed by atoms with Gasteiger partial charge in [0.05, 0.1) is 12.5 Å². The van der Waals surface area contributed by atoms with Crippen LogP contribution in [0.3, 0.4) is 0 Å². The Bertz CT molecular complexity index is 627. The second-order valence-corrected chi connectivity index (χ2v) is 5.32. The third kappa shape index (κ3) is 3.18. The fourth-order valence-corrected chi connectivity index (χ4v) is 2.60. The van der Waals surface area contributed by atoms with E-state index in [-0.39, 0.29) is 17.9 Å². The lowest BCUT2D eigenvalue weighted by molar-refractivity contribution is -0.140. The third-order valence-corrected chi connectivity index (χ3v) is 3.80. The molecule has 1 amide bonds. The molecule has 0 bridgehead atoms. The first kappa shape index (κ1) is 14.7. The molecule has 6 heteroatoms. The first-order chi connectivity index (χ1) is 10.8. The van der Waals surface area contributed by atoms with Crippen molar-refractivity contribution in [3.63, 3.8) is 0 Å². The van der Waals surface area contributed by atoms with Crippen molar-refractivity contribution in [2.24, 2.45) is 13.0 Å². The van der Waals surface area contributed by atoms with E-state index in [2.05, 4.69) is 10.5 Å². The van der Waals surface area contributed by atoms with Crippen LogP contribution in [0.4, 0.5) is 0 Å². The normalized spacial score (nSPS) is 21.0. The van der Waals surface area contributed by atoms with E-state index in [9.17, 15) is 4.79 Å². The molecule has 1 saturated heterocycles. The summed E-state index contributed by atoms with van der Waals surface area (Å²) >= 11 is 0. The molecule has 1 aliphatic heterocycles. The van der Waals surface area contributed by atoms with Crippen molar-refractivity contribution in [2.45, 2.75) is 19.1 Å². The van der Waals surface area contributed by atoms with Crippen molar-refractivity contribution in [3.05, 3.63) is 54.1 Å². The van der Waals surface area contributed by atoms with Crippen LogP contribution in [-0.4, -0.2) is 22.1 Å². The molecule has 116 valence electrons. The van der Waals surface area contributed by atoms with Crippen LogP contribution in [0.2, 0.25) is 0 Å². The molecule has 2 heterocycles. The molecule has 0 unspecified atom stereocenters. The maximum atomic E-state index is 12.3. The summed E-state index contributed by atoms with van der Waals surface area (Å²) in [4.78, 5) is 21.9. The molecule has 1 N–H and O–H groups in total. The minimum Gasteiger partial charge on any atom is -0.369 e. The number of imidazole rings is 1. The van der Waals surface area contributed by atoms with Gasteiger partial charge in [0.25, 0.3) is 0 Å². The number of hydroxylamine groups is 1. The van der Waals surface area contributed by atoms with Gasteiger partial charge in [-0.2, -0.15) is 0 Å². The number of carbonyl (C=O) groups excluding carboxylic acids is 1. The van der Waals surface area contributed by atoms with Crippen molar-refractivity contribution in [3.8, 4) is 0 Å². The molecule has 0 saturated carbocycles. The molecule has 2 atom stereocenters. The average Bonchev–Trinajstić information content (AvgIpc) is 3.16. The first-order valence-electron chi connectivity index (χ1n) is 7.30. The molecular formula is C16H19N3O3. The Kier molecular flexibility index (Phi) is 4.50. The minimum absolute atomic E-state index is 0.165. The van der Waals surface area contributed by atoms with Crippen molar-refractivity contribution < 1.29 is 14.4 Å². The highest BCUT2D eigenvalue weighted by Gasteiger charge is 2.37. The van der Waals surface area contributed by atoms with Crippen LogP contribution in [0, 0.1) is 5.92 Å². The molecule has 3 rings (SSSR count). The van der Waals surface area contributed by atoms with Crippen LogP contribution in [0.5, 0.6) is 0 Å². The van der Waals surface area contributed by atoms with Crippen LogP contribution in [0.15, 0.2) is 42.7 Å². The fourth-order valence-electron chi connectivity index (χ4n) is 2.60. The molecule has 2 aromatic rings. The van der Waals surface area contributed by atoms with E-state index in [1.54, 1.807) is 6.20 Å². The Morgan fingerprint density at radius 3 is 3.00 bits per heavy atom. The Morgan fingerprint density at radius 2 is 2.27 bits per heavy atom. The largest absolute Gasteiger partial charge is 0.369 e. The van der Waals surface area contributed by atoms with Gasteiger partial charge in [0.2, 0.25) is 5.91 Å². The summed E-state index contributed by atoms with van der Waals surface area (Å²) in [5.41, 5.74) is 3.53. The maximum absolute atomic E-state index is 12.3. The highest BCUT2D eigenvalue weighted by molar-refractivity contribution is 5.78. The Morgan fingerprint density at radius 1 is 1.45 bits per heavy atom. The standard InChI is InChI=1S/C16H19N3O3/c1-19-9-8-17-15(19)14-13(7-10-21-14)16(20)18-22-11-12-5-3-2-4-6-12/h2-6,8-9,13-14H,7,10-11H2,1H3,(H,18,20)/t13-,14-/m1/s1. The van der Waals surface area contributed by atoms with Crippen molar-refractivity contribution in [2.75, 3.05) is 6.61 Å². The second kappa shape index (κ2) is 6.72. The number of nitrogens with zero attached hydrogens (tertiary/aromatic N) is 2. The maximum Gasteiger partial charge on any atom is 0.249 e. The molecule has 22 heavy (non-hydrogen) atoms. The van der Waals surface area contributed by atoms with E-state index in [0.29, 0.717) is 19.6 Å². The van der Waals surface area contributed by atoms with E-state index < -0.39 is 0 Å². The van der Waals surface area contributed by atoms with E-state index in [0.717, 1.165) is 11.4 Å². The Labute approximate surface area is 129 Å². The SMILES string of the molecule is Cn1ccnc1[C@@H]1OCC[C@H]1C(=O)NOCc1ccccc1. The number of hydrogen-bond acceptors (Lipinski definition) is 4. The molecule has 1 aromatic heterocycles. The van der Waals surface area contributed by atoms with Crippen molar-refractivity contribution in [1.82, 2.24) is 15.0 Å². The van der Waals surface area contributed by atoms with Gasteiger partial charge in [-0.05, 0) is 12.0 Å². The van der Waals surface area contributed by atoms with E-state index in [1.165, 1.54) is 0 Å². The van der Waals surface area contributed by atoms with E-state index >= 15 is 0 Å². The van der Waals surface area contributed by atoms with Crippen molar-refractivity contribution in [1.29, 1.82) is 0 Å². The van der Waals surface area contributed by atoms with Gasteiger partial charge in [-0.15, -0.1) is 0 Å². The summed E-state index contributed by atoms with van der Waals surface area (Å²) in [6.07, 6.45) is 3.90. The molecular weight excluding hydrogens is 282 g/mol. The van der Waals surface area contributed by atoms with Gasteiger partial charge in [0.15, 0.2) is 0 Å². The van der Waals surface area contributed by atoms with E-state index in [4.69, 9.17) is 9.57 Å². The average molecular weight is 301 g/mol. The zero-order chi connectivity index (χ0) is 15.4. The molecule has 1 aromatic carbocycles. The molecule has 1 fully saturated rings. The molecule has 0 aliphatic carbocycles. The van der Waals surface area contributed by atoms with Gasteiger partial charge in [-0.1, -0.05) is 30.3 Å². The molecule has 0 radical (unpaired) electrons. The van der Waals surface area contributed by atoms with Gasteiger partial charge in [0, 0.05) is 26.0 Å². The van der Waals surface area contributed by atoms with Crippen LogP contribution in [0.25, 0.3) is 0 Å². The number of benzene rings is 1. The van der Waals surface area contributed by atoms with Crippen LogP contribution < -0.4 is 5.48 Å². The fraction of sp³-hybridized carbons (Fsp3) is 0.375. The lowest BCUT2D eigenvalue weighted by atomic mass is 10.0. The molecule has 0 spiro atoms. The third-order valence-electron chi connectivity index (χ3n) is 3.80. The second-order valence-electron chi connectivity index (χ2n) is 5.32. The number of amides is 1. The zero-order valence-electron chi connectivity index (χ0n) is 12.4. The molecule has 1 aliphatic rings. The number of ether oxygens (including phenoxy) is 1. The summed E-state index contributed by atoms with van der Waals surface area (Å²) in [6, 6.07) is 9.70. The number of aryl methyl sites for hydroxylation is 1. The first-order valence-corrected chi connectivity index (χ1v) is 7.30. The number of rotatable bonds is 5. The number of aromatic nitrogens is 2. The highest BCUT2D eigenvalue weighted by atomic mass is 16.7. The summed E-state index contributed by atoms with van der Waals surface area (Å²) in [6.45, 7) is 0.890. The zero-order valence-corrected chi connectivity index (χ0v) is 12.4. The monoisotopic (exact) mass is 301 g/mol. The van der Waals surface area contributed by atoms with E-state index in [1.807, 2.05) is 48.1 Å². The quantitative estimate of drug-likeness (QED) is 0.854. The molecule has 6 nitrogen and oxygen atoms in total. The van der Waals surface area contributed by atoms with Crippen LogP contribution >= 0.6 is 0 Å². The van der Waals surface area contributed by atoms with Gasteiger partial charge in [0.1, 0.15) is 11.9 Å². The predicted molar refractivity (Wildman–Crippen MR) is 79.4 cm³/mol. The van der Waals surface area contributed by atoms with Gasteiger partial charge in [-0.25, -0.2) is 10.5 Å².